The monoisotopic (exact) mass is 427 g/mol. The van der Waals surface area contributed by atoms with Crippen LogP contribution in [0, 0.1) is 0 Å². The van der Waals surface area contributed by atoms with Crippen molar-refractivity contribution in [2.75, 3.05) is 31.1 Å². The molecule has 3 aromatic rings. The second kappa shape index (κ2) is 8.25. The third kappa shape index (κ3) is 4.05. The molecule has 1 amide bonds. The second-order valence-corrected chi connectivity index (χ2v) is 7.67. The zero-order valence-electron chi connectivity index (χ0n) is 16.2. The molecule has 1 fully saturated rings. The molecule has 1 saturated heterocycles. The van der Waals surface area contributed by atoms with Gasteiger partial charge in [-0.2, -0.15) is 5.10 Å². The Kier molecular flexibility index (Phi) is 5.52. The van der Waals surface area contributed by atoms with Crippen LogP contribution in [0.15, 0.2) is 42.6 Å². The fraction of sp³-hybridized carbons (Fsp3) is 0.238. The number of aromatic hydroxyl groups is 2. The van der Waals surface area contributed by atoms with Crippen molar-refractivity contribution in [2.45, 2.75) is 6.54 Å². The molecule has 1 aliphatic rings. The Labute approximate surface area is 178 Å². The first-order valence-electron chi connectivity index (χ1n) is 9.54. The standard InChI is InChI=1S/C21H22ClN5O3/c22-16-9-15(18(28)10-19(16)29)20-17(11-24-25-20)27-7-5-26(6-8-27)12-13-1-3-14(4-2-13)21(23)30/h1-4,9-11,28-29H,5-8,12H2,(H2,23,30)(H,24,25). The van der Waals surface area contributed by atoms with Gasteiger partial charge >= 0.3 is 0 Å². The van der Waals surface area contributed by atoms with Gasteiger partial charge in [-0.15, -0.1) is 0 Å². The molecule has 1 aromatic heterocycles. The Balaban J connectivity index is 1.44. The highest BCUT2D eigenvalue weighted by molar-refractivity contribution is 6.32. The van der Waals surface area contributed by atoms with Crippen molar-refractivity contribution in [3.63, 3.8) is 0 Å². The molecule has 0 bridgehead atoms. The minimum atomic E-state index is -0.424. The maximum absolute atomic E-state index is 11.2. The summed E-state index contributed by atoms with van der Waals surface area (Å²) in [6.45, 7) is 4.07. The molecule has 5 N–H and O–H groups in total. The average Bonchev–Trinajstić information content (AvgIpc) is 3.21. The number of aromatic amines is 1. The number of nitrogens with one attached hydrogen (secondary N) is 1. The lowest BCUT2D eigenvalue weighted by Crippen LogP contribution is -2.46. The van der Waals surface area contributed by atoms with Crippen molar-refractivity contribution in [2.24, 2.45) is 5.73 Å². The van der Waals surface area contributed by atoms with Crippen molar-refractivity contribution < 1.29 is 15.0 Å². The number of anilines is 1. The van der Waals surface area contributed by atoms with Gasteiger partial charge in [0.2, 0.25) is 5.91 Å². The van der Waals surface area contributed by atoms with Crippen LogP contribution in [0.1, 0.15) is 15.9 Å². The first kappa shape index (κ1) is 20.1. The number of nitrogens with two attached hydrogens (primary N) is 1. The van der Waals surface area contributed by atoms with E-state index in [1.54, 1.807) is 18.3 Å². The van der Waals surface area contributed by atoms with E-state index in [4.69, 9.17) is 17.3 Å². The molecule has 2 aromatic carbocycles. The third-order valence-electron chi connectivity index (χ3n) is 5.30. The van der Waals surface area contributed by atoms with Crippen LogP contribution >= 0.6 is 11.6 Å². The van der Waals surface area contributed by atoms with Crippen LogP contribution in [0.3, 0.4) is 0 Å². The molecule has 4 rings (SSSR count). The van der Waals surface area contributed by atoms with Crippen molar-refractivity contribution >= 4 is 23.2 Å². The number of primary amides is 1. The SMILES string of the molecule is NC(=O)c1ccc(CN2CCN(c3c[nH]nc3-c3cc(Cl)c(O)cc3O)CC2)cc1. The number of piperazine rings is 1. The zero-order valence-corrected chi connectivity index (χ0v) is 16.9. The van der Waals surface area contributed by atoms with E-state index >= 15 is 0 Å². The number of rotatable bonds is 5. The van der Waals surface area contributed by atoms with Crippen LogP contribution in [0.2, 0.25) is 5.02 Å². The number of H-pyrrole nitrogens is 1. The molecule has 9 heteroatoms. The maximum atomic E-state index is 11.2. The fourth-order valence-electron chi connectivity index (χ4n) is 3.64. The predicted octanol–water partition coefficient (Wildman–Crippen LogP) is 2.56. The number of amides is 1. The lowest BCUT2D eigenvalue weighted by molar-refractivity contribution is 0.1000. The summed E-state index contributed by atoms with van der Waals surface area (Å²) in [5, 5.41) is 27.2. The molecule has 156 valence electrons. The topological polar surface area (TPSA) is 119 Å². The average molecular weight is 428 g/mol. The van der Waals surface area contributed by atoms with Crippen molar-refractivity contribution in [1.82, 2.24) is 15.1 Å². The van der Waals surface area contributed by atoms with Crippen LogP contribution in [0.5, 0.6) is 11.5 Å². The third-order valence-corrected chi connectivity index (χ3v) is 5.60. The van der Waals surface area contributed by atoms with E-state index in [0.717, 1.165) is 44.0 Å². The first-order valence-corrected chi connectivity index (χ1v) is 9.92. The molecule has 8 nitrogen and oxygen atoms in total. The van der Waals surface area contributed by atoms with Crippen LogP contribution in [0.25, 0.3) is 11.3 Å². The highest BCUT2D eigenvalue weighted by atomic mass is 35.5. The minimum Gasteiger partial charge on any atom is -0.507 e. The normalized spacial score (nSPS) is 14.8. The van der Waals surface area contributed by atoms with E-state index in [9.17, 15) is 15.0 Å². The number of phenolic OH excluding ortho intramolecular Hbond substituents is 2. The molecule has 30 heavy (non-hydrogen) atoms. The summed E-state index contributed by atoms with van der Waals surface area (Å²) < 4.78 is 0. The van der Waals surface area contributed by atoms with E-state index in [0.29, 0.717) is 16.8 Å². The van der Waals surface area contributed by atoms with Gasteiger partial charge < -0.3 is 20.8 Å². The quantitative estimate of drug-likeness (QED) is 0.497. The second-order valence-electron chi connectivity index (χ2n) is 7.26. The van der Waals surface area contributed by atoms with Gasteiger partial charge in [0, 0.05) is 56.1 Å². The van der Waals surface area contributed by atoms with E-state index < -0.39 is 5.91 Å². The number of halogens is 1. The summed E-state index contributed by atoms with van der Waals surface area (Å²) in [6, 6.07) is 10.1. The Morgan fingerprint density at radius 1 is 1.10 bits per heavy atom. The van der Waals surface area contributed by atoms with Gasteiger partial charge in [0.1, 0.15) is 17.2 Å². The highest BCUT2D eigenvalue weighted by Gasteiger charge is 2.23. The fourth-order valence-corrected chi connectivity index (χ4v) is 3.81. The lowest BCUT2D eigenvalue weighted by Gasteiger charge is -2.36. The molecule has 0 radical (unpaired) electrons. The smallest absolute Gasteiger partial charge is 0.248 e. The molecular weight excluding hydrogens is 406 g/mol. The Hall–Kier alpha value is -3.23. The van der Waals surface area contributed by atoms with Crippen LogP contribution < -0.4 is 10.6 Å². The Morgan fingerprint density at radius 2 is 1.80 bits per heavy atom. The molecular formula is C21H22ClN5O3. The molecule has 0 spiro atoms. The summed E-state index contributed by atoms with van der Waals surface area (Å²) in [6.07, 6.45) is 1.80. The maximum Gasteiger partial charge on any atom is 0.248 e. The number of carbonyl (C=O) groups is 1. The van der Waals surface area contributed by atoms with Crippen LogP contribution in [-0.4, -0.2) is 57.4 Å². The number of phenols is 2. The molecule has 0 unspecified atom stereocenters. The van der Waals surface area contributed by atoms with Crippen LogP contribution in [0.4, 0.5) is 5.69 Å². The highest BCUT2D eigenvalue weighted by Crippen LogP contribution is 2.40. The molecule has 0 atom stereocenters. The molecule has 2 heterocycles. The van der Waals surface area contributed by atoms with E-state index in [1.807, 2.05) is 12.1 Å². The predicted molar refractivity (Wildman–Crippen MR) is 115 cm³/mol. The summed E-state index contributed by atoms with van der Waals surface area (Å²) in [7, 11) is 0. The van der Waals surface area contributed by atoms with Gasteiger partial charge in [0.25, 0.3) is 0 Å². The summed E-state index contributed by atoms with van der Waals surface area (Å²) >= 11 is 6.02. The zero-order chi connectivity index (χ0) is 21.3. The van der Waals surface area contributed by atoms with E-state index in [1.165, 1.54) is 12.1 Å². The minimum absolute atomic E-state index is 0.0803. The molecule has 1 aliphatic heterocycles. The van der Waals surface area contributed by atoms with Gasteiger partial charge in [-0.25, -0.2) is 0 Å². The van der Waals surface area contributed by atoms with E-state index in [-0.39, 0.29) is 16.5 Å². The number of hydrogen-bond acceptors (Lipinski definition) is 6. The largest absolute Gasteiger partial charge is 0.507 e. The van der Waals surface area contributed by atoms with Crippen LogP contribution in [-0.2, 0) is 6.54 Å². The first-order chi connectivity index (χ1) is 14.4. The van der Waals surface area contributed by atoms with Gasteiger partial charge in [-0.1, -0.05) is 23.7 Å². The summed E-state index contributed by atoms with van der Waals surface area (Å²) in [4.78, 5) is 15.7. The number of hydrogen-bond donors (Lipinski definition) is 4. The summed E-state index contributed by atoms with van der Waals surface area (Å²) in [5.41, 5.74) is 8.85. The Bertz CT molecular complexity index is 1060. The van der Waals surface area contributed by atoms with Crippen molar-refractivity contribution in [3.8, 4) is 22.8 Å². The Morgan fingerprint density at radius 3 is 2.47 bits per heavy atom. The number of carbonyl (C=O) groups excluding carboxylic acids is 1. The van der Waals surface area contributed by atoms with Gasteiger partial charge in [-0.05, 0) is 23.8 Å². The molecule has 0 aliphatic carbocycles. The van der Waals surface area contributed by atoms with Crippen molar-refractivity contribution in [1.29, 1.82) is 0 Å². The molecule has 0 saturated carbocycles. The van der Waals surface area contributed by atoms with Gasteiger partial charge in [-0.3, -0.25) is 14.8 Å². The van der Waals surface area contributed by atoms with Gasteiger partial charge in [0.05, 0.1) is 10.7 Å². The number of aromatic nitrogens is 2. The lowest BCUT2D eigenvalue weighted by atomic mass is 10.1. The van der Waals surface area contributed by atoms with Crippen molar-refractivity contribution in [3.05, 3.63) is 58.7 Å². The number of benzene rings is 2. The van der Waals surface area contributed by atoms with Gasteiger partial charge in [0.15, 0.2) is 0 Å². The number of nitrogens with zero attached hydrogens (tertiary/aromatic N) is 3. The van der Waals surface area contributed by atoms with E-state index in [2.05, 4.69) is 20.0 Å². The summed E-state index contributed by atoms with van der Waals surface area (Å²) in [5.74, 6) is -0.678.